The first-order valence-corrected chi connectivity index (χ1v) is 10.6. The van der Waals surface area contributed by atoms with E-state index in [1.54, 1.807) is 4.57 Å². The summed E-state index contributed by atoms with van der Waals surface area (Å²) in [5.74, 6) is -0.955. The fourth-order valence-electron chi connectivity index (χ4n) is 3.47. The Balaban J connectivity index is 1.86. The standard InChI is InChI=1S/C20H21N3O6S/c1-14-17(18-5-3-4-6-19(18)22(14)13-20(24)25)11-12-21(2)30(28,29)16-9-7-15(8-10-16)23(26)27/h3-10H,11-13H2,1-2H3,(H,24,25). The van der Waals surface area contributed by atoms with Crippen LogP contribution in [-0.2, 0) is 27.8 Å². The van der Waals surface area contributed by atoms with E-state index < -0.39 is 20.9 Å². The maximum Gasteiger partial charge on any atom is 0.323 e. The van der Waals surface area contributed by atoms with Crippen molar-refractivity contribution in [2.24, 2.45) is 0 Å². The molecule has 0 aliphatic carbocycles. The van der Waals surface area contributed by atoms with Gasteiger partial charge in [0.05, 0.1) is 9.82 Å². The number of aromatic nitrogens is 1. The number of benzene rings is 2. The lowest BCUT2D eigenvalue weighted by Crippen LogP contribution is -2.29. The quantitative estimate of drug-likeness (QED) is 0.432. The zero-order valence-corrected chi connectivity index (χ0v) is 17.3. The molecule has 1 aromatic heterocycles. The van der Waals surface area contributed by atoms with Gasteiger partial charge in [-0.3, -0.25) is 14.9 Å². The predicted molar refractivity (Wildman–Crippen MR) is 111 cm³/mol. The number of likely N-dealkylation sites (N-methyl/N-ethyl adjacent to an activating group) is 1. The van der Waals surface area contributed by atoms with Gasteiger partial charge in [0.15, 0.2) is 0 Å². The van der Waals surface area contributed by atoms with Gasteiger partial charge in [0.25, 0.3) is 5.69 Å². The van der Waals surface area contributed by atoms with Crippen LogP contribution in [0.4, 0.5) is 5.69 Å². The lowest BCUT2D eigenvalue weighted by Gasteiger charge is -2.17. The SMILES string of the molecule is Cc1c(CCN(C)S(=O)(=O)c2ccc([N+](=O)[O-])cc2)c2ccccc2n1CC(=O)O. The number of sulfonamides is 1. The van der Waals surface area contributed by atoms with Crippen LogP contribution in [0.5, 0.6) is 0 Å². The number of carboxylic acids is 1. The van der Waals surface area contributed by atoms with Crippen molar-refractivity contribution in [3.63, 3.8) is 0 Å². The van der Waals surface area contributed by atoms with Crippen molar-refractivity contribution in [3.8, 4) is 0 Å². The van der Waals surface area contributed by atoms with Gasteiger partial charge in [-0.2, -0.15) is 0 Å². The molecule has 9 nitrogen and oxygen atoms in total. The number of para-hydroxylation sites is 1. The summed E-state index contributed by atoms with van der Waals surface area (Å²) in [4.78, 5) is 21.4. The third-order valence-corrected chi connectivity index (χ3v) is 6.96. The van der Waals surface area contributed by atoms with E-state index in [4.69, 9.17) is 0 Å². The topological polar surface area (TPSA) is 123 Å². The van der Waals surface area contributed by atoms with Crippen LogP contribution in [-0.4, -0.2) is 46.9 Å². The fourth-order valence-corrected chi connectivity index (χ4v) is 4.64. The number of nitro groups is 1. The van der Waals surface area contributed by atoms with E-state index in [1.807, 2.05) is 31.2 Å². The van der Waals surface area contributed by atoms with E-state index in [2.05, 4.69) is 0 Å². The van der Waals surface area contributed by atoms with Crippen molar-refractivity contribution in [2.45, 2.75) is 24.8 Å². The summed E-state index contributed by atoms with van der Waals surface area (Å²) in [6.07, 6.45) is 0.391. The molecule has 0 spiro atoms. The number of hydrogen-bond donors (Lipinski definition) is 1. The lowest BCUT2D eigenvalue weighted by atomic mass is 10.1. The van der Waals surface area contributed by atoms with Crippen molar-refractivity contribution in [2.75, 3.05) is 13.6 Å². The molecule has 158 valence electrons. The van der Waals surface area contributed by atoms with Gasteiger partial charge < -0.3 is 9.67 Å². The van der Waals surface area contributed by atoms with E-state index in [1.165, 1.54) is 23.5 Å². The average Bonchev–Trinajstić information content (AvgIpc) is 2.97. The minimum Gasteiger partial charge on any atom is -0.480 e. The second-order valence-corrected chi connectivity index (χ2v) is 8.93. The van der Waals surface area contributed by atoms with Crippen LogP contribution in [0.3, 0.4) is 0 Å². The molecule has 0 unspecified atom stereocenters. The molecule has 0 bridgehead atoms. The normalized spacial score (nSPS) is 11.8. The number of carboxylic acid groups (broad SMARTS) is 1. The Morgan fingerprint density at radius 2 is 1.80 bits per heavy atom. The number of carbonyl (C=O) groups is 1. The van der Waals surface area contributed by atoms with E-state index in [0.29, 0.717) is 6.42 Å². The van der Waals surface area contributed by atoms with Crippen molar-refractivity contribution < 1.29 is 23.2 Å². The maximum absolute atomic E-state index is 12.8. The van der Waals surface area contributed by atoms with Gasteiger partial charge in [-0.1, -0.05) is 18.2 Å². The molecule has 0 atom stereocenters. The number of non-ortho nitro benzene ring substituents is 1. The molecule has 0 fully saturated rings. The summed E-state index contributed by atoms with van der Waals surface area (Å²) in [5.41, 5.74) is 2.27. The highest BCUT2D eigenvalue weighted by Gasteiger charge is 2.23. The van der Waals surface area contributed by atoms with E-state index >= 15 is 0 Å². The van der Waals surface area contributed by atoms with Crippen LogP contribution >= 0.6 is 0 Å². The first kappa shape index (κ1) is 21.5. The molecule has 0 aliphatic heterocycles. The number of aliphatic carboxylic acids is 1. The first-order valence-electron chi connectivity index (χ1n) is 9.12. The summed E-state index contributed by atoms with van der Waals surface area (Å²) >= 11 is 0. The van der Waals surface area contributed by atoms with E-state index in [0.717, 1.165) is 34.3 Å². The molecule has 1 N–H and O–H groups in total. The summed E-state index contributed by atoms with van der Waals surface area (Å²) in [6.45, 7) is 1.81. The molecular formula is C20H21N3O6S. The molecule has 0 saturated carbocycles. The van der Waals surface area contributed by atoms with Crippen molar-refractivity contribution in [3.05, 3.63) is 69.9 Å². The monoisotopic (exact) mass is 431 g/mol. The van der Waals surface area contributed by atoms with Gasteiger partial charge in [-0.05, 0) is 37.1 Å². The Bertz CT molecular complexity index is 1220. The molecule has 3 aromatic rings. The average molecular weight is 431 g/mol. The Hall–Kier alpha value is -3.24. The maximum atomic E-state index is 12.8. The van der Waals surface area contributed by atoms with Gasteiger partial charge in [0, 0.05) is 42.3 Å². The van der Waals surface area contributed by atoms with Crippen LogP contribution < -0.4 is 0 Å². The van der Waals surface area contributed by atoms with E-state index in [9.17, 15) is 28.4 Å². The first-order chi connectivity index (χ1) is 14.1. The Labute approximate surface area is 173 Å². The molecule has 2 aromatic carbocycles. The van der Waals surface area contributed by atoms with Gasteiger partial charge in [-0.25, -0.2) is 12.7 Å². The minimum absolute atomic E-state index is 0.0272. The molecule has 0 radical (unpaired) electrons. The Morgan fingerprint density at radius 1 is 1.17 bits per heavy atom. The van der Waals surface area contributed by atoms with Crippen LogP contribution in [0.2, 0.25) is 0 Å². The summed E-state index contributed by atoms with van der Waals surface area (Å²) in [7, 11) is -2.37. The molecule has 0 amide bonds. The molecule has 0 saturated heterocycles. The van der Waals surface area contributed by atoms with Crippen molar-refractivity contribution in [1.29, 1.82) is 0 Å². The molecule has 30 heavy (non-hydrogen) atoms. The Morgan fingerprint density at radius 3 is 2.40 bits per heavy atom. The summed E-state index contributed by atoms with van der Waals surface area (Å²) in [5, 5.41) is 20.9. The number of hydrogen-bond acceptors (Lipinski definition) is 5. The van der Waals surface area contributed by atoms with E-state index in [-0.39, 0.29) is 23.7 Å². The summed E-state index contributed by atoms with van der Waals surface area (Å²) in [6, 6.07) is 12.2. The minimum atomic E-state index is -3.82. The predicted octanol–water partition coefficient (Wildman–Crippen LogP) is 2.81. The largest absolute Gasteiger partial charge is 0.480 e. The number of nitrogens with zero attached hydrogens (tertiary/aromatic N) is 3. The highest BCUT2D eigenvalue weighted by atomic mass is 32.2. The fraction of sp³-hybridized carbons (Fsp3) is 0.250. The molecule has 0 aliphatic rings. The zero-order valence-electron chi connectivity index (χ0n) is 16.5. The third kappa shape index (κ3) is 4.05. The molecule has 1 heterocycles. The molecule has 3 rings (SSSR count). The zero-order chi connectivity index (χ0) is 22.1. The van der Waals surface area contributed by atoms with Gasteiger partial charge in [-0.15, -0.1) is 0 Å². The second kappa shape index (κ2) is 8.25. The number of rotatable bonds is 8. The van der Waals surface area contributed by atoms with Gasteiger partial charge >= 0.3 is 5.97 Å². The number of fused-ring (bicyclic) bond motifs is 1. The number of nitro benzene ring substituents is 1. The Kier molecular flexibility index (Phi) is 5.90. The third-order valence-electron chi connectivity index (χ3n) is 5.09. The van der Waals surface area contributed by atoms with Crippen molar-refractivity contribution in [1.82, 2.24) is 8.87 Å². The summed E-state index contributed by atoms with van der Waals surface area (Å²) < 4.78 is 28.5. The van der Waals surface area contributed by atoms with Crippen molar-refractivity contribution >= 4 is 32.6 Å². The molecular weight excluding hydrogens is 410 g/mol. The molecule has 10 heteroatoms. The van der Waals surface area contributed by atoms with Crippen LogP contribution in [0.1, 0.15) is 11.3 Å². The van der Waals surface area contributed by atoms with Crippen LogP contribution in [0.25, 0.3) is 10.9 Å². The van der Waals surface area contributed by atoms with Gasteiger partial charge in [0.2, 0.25) is 10.0 Å². The van der Waals surface area contributed by atoms with Crippen LogP contribution in [0, 0.1) is 17.0 Å². The lowest BCUT2D eigenvalue weighted by molar-refractivity contribution is -0.384. The highest BCUT2D eigenvalue weighted by molar-refractivity contribution is 7.89. The second-order valence-electron chi connectivity index (χ2n) is 6.89. The smallest absolute Gasteiger partial charge is 0.323 e. The highest BCUT2D eigenvalue weighted by Crippen LogP contribution is 2.27. The van der Waals surface area contributed by atoms with Crippen LogP contribution in [0.15, 0.2) is 53.4 Å². The van der Waals surface area contributed by atoms with Gasteiger partial charge in [0.1, 0.15) is 6.54 Å².